The molecule has 1 rings (SSSR count). The molecule has 6 heteroatoms. The molecule has 0 radical (unpaired) electrons. The monoisotopic (exact) mass is 239 g/mol. The Kier molecular flexibility index (Phi) is 3.72. The first-order valence-corrected chi connectivity index (χ1v) is 4.64. The molecule has 0 N–H and O–H groups in total. The normalized spacial score (nSPS) is 10.7. The van der Waals surface area contributed by atoms with Gasteiger partial charge >= 0.3 is 0 Å². The van der Waals surface area contributed by atoms with Crippen molar-refractivity contribution in [3.05, 3.63) is 29.1 Å². The van der Waals surface area contributed by atoms with Crippen molar-refractivity contribution in [1.82, 2.24) is 0 Å². The summed E-state index contributed by atoms with van der Waals surface area (Å²) in [4.78, 5) is 0.996. The van der Waals surface area contributed by atoms with Crippen LogP contribution in [0.4, 0.5) is 27.6 Å². The van der Waals surface area contributed by atoms with E-state index < -0.39 is 34.8 Å². The Morgan fingerprint density at radius 3 is 1.56 bits per heavy atom. The van der Waals surface area contributed by atoms with Gasteiger partial charge in [0.1, 0.15) is 5.69 Å². The molecule has 0 amide bonds. The van der Waals surface area contributed by atoms with Crippen molar-refractivity contribution in [2.24, 2.45) is 0 Å². The van der Waals surface area contributed by atoms with Crippen LogP contribution in [0.2, 0.25) is 0 Å². The molecular weight excluding hydrogens is 229 g/mol. The van der Waals surface area contributed by atoms with Crippen molar-refractivity contribution in [2.45, 2.75) is 13.3 Å². The van der Waals surface area contributed by atoms with Crippen LogP contribution >= 0.6 is 0 Å². The van der Waals surface area contributed by atoms with Crippen LogP contribution in [-0.2, 0) is 0 Å². The second-order valence-corrected chi connectivity index (χ2v) is 3.34. The molecule has 0 spiro atoms. The standard InChI is InChI=1S/C10H10F5N/c1-3-4-16(2)10-8(14)6(12)5(11)7(13)9(10)15/h3-4H2,1-2H3. The van der Waals surface area contributed by atoms with Crippen molar-refractivity contribution >= 4 is 5.69 Å². The summed E-state index contributed by atoms with van der Waals surface area (Å²) >= 11 is 0. The molecule has 0 saturated carbocycles. The fourth-order valence-electron chi connectivity index (χ4n) is 1.38. The summed E-state index contributed by atoms with van der Waals surface area (Å²) in [5, 5.41) is 0. The highest BCUT2D eigenvalue weighted by Gasteiger charge is 2.27. The van der Waals surface area contributed by atoms with Crippen LogP contribution in [0, 0.1) is 29.1 Å². The lowest BCUT2D eigenvalue weighted by Crippen LogP contribution is -2.22. The molecule has 1 aromatic carbocycles. The Balaban J connectivity index is 3.39. The topological polar surface area (TPSA) is 3.24 Å². The van der Waals surface area contributed by atoms with Crippen LogP contribution < -0.4 is 4.90 Å². The van der Waals surface area contributed by atoms with Gasteiger partial charge in [0.25, 0.3) is 0 Å². The fourth-order valence-corrected chi connectivity index (χ4v) is 1.38. The van der Waals surface area contributed by atoms with Crippen LogP contribution in [0.3, 0.4) is 0 Å². The van der Waals surface area contributed by atoms with E-state index in [1.165, 1.54) is 7.05 Å². The van der Waals surface area contributed by atoms with E-state index in [0.29, 0.717) is 6.42 Å². The molecular formula is C10H10F5N. The third kappa shape index (κ3) is 1.96. The summed E-state index contributed by atoms with van der Waals surface area (Å²) in [6, 6.07) is 0. The zero-order chi connectivity index (χ0) is 12.5. The van der Waals surface area contributed by atoms with Crippen molar-refractivity contribution in [1.29, 1.82) is 0 Å². The Morgan fingerprint density at radius 2 is 1.19 bits per heavy atom. The van der Waals surface area contributed by atoms with Gasteiger partial charge in [-0.1, -0.05) is 6.92 Å². The molecule has 0 aliphatic rings. The molecule has 0 fully saturated rings. The predicted octanol–water partition coefficient (Wildman–Crippen LogP) is 3.23. The van der Waals surface area contributed by atoms with Crippen molar-refractivity contribution < 1.29 is 22.0 Å². The average Bonchev–Trinajstić information content (AvgIpc) is 2.24. The maximum absolute atomic E-state index is 13.2. The van der Waals surface area contributed by atoms with Gasteiger partial charge in [-0.2, -0.15) is 0 Å². The highest BCUT2D eigenvalue weighted by molar-refractivity contribution is 5.49. The van der Waals surface area contributed by atoms with E-state index in [1.54, 1.807) is 6.92 Å². The van der Waals surface area contributed by atoms with Gasteiger partial charge in [-0.05, 0) is 6.42 Å². The van der Waals surface area contributed by atoms with Crippen LogP contribution in [-0.4, -0.2) is 13.6 Å². The van der Waals surface area contributed by atoms with Crippen LogP contribution in [0.15, 0.2) is 0 Å². The maximum Gasteiger partial charge on any atom is 0.200 e. The van der Waals surface area contributed by atoms with E-state index in [9.17, 15) is 22.0 Å². The minimum atomic E-state index is -2.14. The third-order valence-corrected chi connectivity index (χ3v) is 2.13. The van der Waals surface area contributed by atoms with Crippen molar-refractivity contribution in [3.63, 3.8) is 0 Å². The number of hydrogen-bond acceptors (Lipinski definition) is 1. The summed E-state index contributed by atoms with van der Waals surface area (Å²) in [5.74, 6) is -9.57. The smallest absolute Gasteiger partial charge is 0.200 e. The molecule has 0 aliphatic carbocycles. The third-order valence-electron chi connectivity index (χ3n) is 2.13. The number of benzene rings is 1. The number of halogens is 5. The Morgan fingerprint density at radius 1 is 0.812 bits per heavy atom. The minimum Gasteiger partial charge on any atom is -0.370 e. The Bertz CT molecular complexity index is 376. The maximum atomic E-state index is 13.2. The second-order valence-electron chi connectivity index (χ2n) is 3.34. The number of hydrogen-bond donors (Lipinski definition) is 0. The first kappa shape index (κ1) is 12.7. The first-order chi connectivity index (χ1) is 7.41. The molecule has 0 saturated heterocycles. The van der Waals surface area contributed by atoms with E-state index in [4.69, 9.17) is 0 Å². The summed E-state index contributed by atoms with van der Waals surface area (Å²) in [5.41, 5.74) is -0.891. The highest BCUT2D eigenvalue weighted by atomic mass is 19.2. The van der Waals surface area contributed by atoms with E-state index >= 15 is 0 Å². The van der Waals surface area contributed by atoms with Crippen LogP contribution in [0.25, 0.3) is 0 Å². The summed E-state index contributed by atoms with van der Waals surface area (Å²) in [6.45, 7) is 1.92. The fraction of sp³-hybridized carbons (Fsp3) is 0.400. The molecule has 1 nitrogen and oxygen atoms in total. The first-order valence-electron chi connectivity index (χ1n) is 4.64. The summed E-state index contributed by atoms with van der Waals surface area (Å²) in [6.07, 6.45) is 0.524. The van der Waals surface area contributed by atoms with E-state index in [2.05, 4.69) is 0 Å². The SMILES string of the molecule is CCCN(C)c1c(F)c(F)c(F)c(F)c1F. The molecule has 0 aromatic heterocycles. The lowest BCUT2D eigenvalue weighted by Gasteiger charge is -2.20. The van der Waals surface area contributed by atoms with Gasteiger partial charge in [-0.15, -0.1) is 0 Å². The molecule has 90 valence electrons. The van der Waals surface area contributed by atoms with E-state index in [0.717, 1.165) is 4.90 Å². The van der Waals surface area contributed by atoms with Gasteiger partial charge in [0.2, 0.25) is 5.82 Å². The Hall–Kier alpha value is -1.33. The summed E-state index contributed by atoms with van der Waals surface area (Å²) < 4.78 is 64.8. The second kappa shape index (κ2) is 4.67. The Labute approximate surface area is 89.5 Å². The highest BCUT2D eigenvalue weighted by Crippen LogP contribution is 2.29. The number of nitrogens with zero attached hydrogens (tertiary/aromatic N) is 1. The molecule has 1 aromatic rings. The molecule has 16 heavy (non-hydrogen) atoms. The molecule has 0 atom stereocenters. The quantitative estimate of drug-likeness (QED) is 0.444. The zero-order valence-electron chi connectivity index (χ0n) is 8.75. The number of anilines is 1. The van der Waals surface area contributed by atoms with Gasteiger partial charge in [-0.3, -0.25) is 0 Å². The van der Waals surface area contributed by atoms with Gasteiger partial charge in [-0.25, -0.2) is 22.0 Å². The van der Waals surface area contributed by atoms with Crippen LogP contribution in [0.5, 0.6) is 0 Å². The van der Waals surface area contributed by atoms with E-state index in [-0.39, 0.29) is 6.54 Å². The average molecular weight is 239 g/mol. The molecule has 0 aliphatic heterocycles. The summed E-state index contributed by atoms with van der Waals surface area (Å²) in [7, 11) is 1.27. The minimum absolute atomic E-state index is 0.193. The van der Waals surface area contributed by atoms with Gasteiger partial charge < -0.3 is 4.90 Å². The predicted molar refractivity (Wildman–Crippen MR) is 49.8 cm³/mol. The van der Waals surface area contributed by atoms with Crippen molar-refractivity contribution in [2.75, 3.05) is 18.5 Å². The van der Waals surface area contributed by atoms with Gasteiger partial charge in [0, 0.05) is 13.6 Å². The largest absolute Gasteiger partial charge is 0.370 e. The molecule has 0 unspecified atom stereocenters. The molecule has 0 bridgehead atoms. The lowest BCUT2D eigenvalue weighted by molar-refractivity contribution is 0.379. The molecule has 0 heterocycles. The van der Waals surface area contributed by atoms with Gasteiger partial charge in [0.15, 0.2) is 23.3 Å². The van der Waals surface area contributed by atoms with Crippen molar-refractivity contribution in [3.8, 4) is 0 Å². The van der Waals surface area contributed by atoms with Gasteiger partial charge in [0.05, 0.1) is 0 Å². The zero-order valence-corrected chi connectivity index (χ0v) is 8.75. The lowest BCUT2D eigenvalue weighted by atomic mass is 10.2. The number of rotatable bonds is 3. The van der Waals surface area contributed by atoms with Crippen LogP contribution in [0.1, 0.15) is 13.3 Å². The van der Waals surface area contributed by atoms with E-state index in [1.807, 2.05) is 0 Å².